The molecule has 0 aliphatic carbocycles. The molecule has 1 saturated heterocycles. The average molecular weight is 372 g/mol. The van der Waals surface area contributed by atoms with Gasteiger partial charge in [0.1, 0.15) is 5.01 Å². The topological polar surface area (TPSA) is 75.2 Å². The quantitative estimate of drug-likeness (QED) is 0.803. The van der Waals surface area contributed by atoms with Gasteiger partial charge in [0.05, 0.1) is 0 Å². The predicted octanol–water partition coefficient (Wildman–Crippen LogP) is 3.75. The van der Waals surface area contributed by atoms with Crippen LogP contribution in [-0.4, -0.2) is 28.6 Å². The van der Waals surface area contributed by atoms with Crippen molar-refractivity contribution >= 4 is 34.0 Å². The van der Waals surface area contributed by atoms with E-state index in [1.165, 1.54) is 16.9 Å². The summed E-state index contributed by atoms with van der Waals surface area (Å²) in [5.74, 6) is 0.0985. The van der Waals surface area contributed by atoms with Crippen LogP contribution in [0.1, 0.15) is 56.0 Å². The Morgan fingerprint density at radius 3 is 2.88 bits per heavy atom. The van der Waals surface area contributed by atoms with Crippen LogP contribution >= 0.6 is 11.3 Å². The third-order valence-corrected chi connectivity index (χ3v) is 5.58. The first-order valence-corrected chi connectivity index (χ1v) is 9.95. The lowest BCUT2D eigenvalue weighted by atomic mass is 10.1. The number of anilines is 2. The summed E-state index contributed by atoms with van der Waals surface area (Å²) < 4.78 is 0. The third kappa shape index (κ3) is 4.09. The molecule has 0 bridgehead atoms. The average Bonchev–Trinajstić information content (AvgIpc) is 3.26. The first-order chi connectivity index (χ1) is 12.6. The minimum Gasteiger partial charge on any atom is -0.311 e. The highest BCUT2D eigenvalue weighted by molar-refractivity contribution is 7.15. The zero-order valence-electron chi connectivity index (χ0n) is 15.2. The number of unbranched alkanes of at least 4 members (excludes halogenated alkanes) is 1. The lowest BCUT2D eigenvalue weighted by molar-refractivity contribution is -0.117. The van der Waals surface area contributed by atoms with E-state index in [1.807, 2.05) is 23.1 Å². The molecule has 2 amide bonds. The van der Waals surface area contributed by atoms with E-state index in [1.54, 1.807) is 0 Å². The highest BCUT2D eigenvalue weighted by Crippen LogP contribution is 2.35. The molecule has 26 heavy (non-hydrogen) atoms. The van der Waals surface area contributed by atoms with Crippen molar-refractivity contribution in [1.82, 2.24) is 10.2 Å². The largest absolute Gasteiger partial charge is 0.311 e. The number of rotatable bonds is 7. The van der Waals surface area contributed by atoms with Crippen LogP contribution < -0.4 is 10.2 Å². The molecule has 2 aromatic rings. The van der Waals surface area contributed by atoms with Crippen LogP contribution in [-0.2, 0) is 16.0 Å². The second kappa shape index (κ2) is 8.40. The lowest BCUT2D eigenvalue weighted by Crippen LogP contribution is -2.25. The van der Waals surface area contributed by atoms with Gasteiger partial charge in [0.2, 0.25) is 16.9 Å². The summed E-state index contributed by atoms with van der Waals surface area (Å²) in [5, 5.41) is 12.4. The van der Waals surface area contributed by atoms with Gasteiger partial charge >= 0.3 is 0 Å². The molecule has 1 N–H and O–H groups in total. The van der Waals surface area contributed by atoms with E-state index < -0.39 is 0 Å². The Balaban J connectivity index is 1.68. The Bertz CT molecular complexity index is 789. The summed E-state index contributed by atoms with van der Waals surface area (Å²) in [7, 11) is 0. The second-order valence-corrected chi connectivity index (χ2v) is 7.49. The molecule has 6 nitrogen and oxygen atoms in total. The number of carbonyl (C=O) groups excluding carboxylic acids is 2. The van der Waals surface area contributed by atoms with E-state index in [0.717, 1.165) is 30.0 Å². The number of aryl methyl sites for hydroxylation is 1. The smallest absolute Gasteiger partial charge is 0.227 e. The third-order valence-electron chi connectivity index (χ3n) is 4.58. The van der Waals surface area contributed by atoms with E-state index in [4.69, 9.17) is 0 Å². The Hall–Kier alpha value is -2.28. The molecule has 0 unspecified atom stereocenters. The van der Waals surface area contributed by atoms with Crippen molar-refractivity contribution in [1.29, 1.82) is 0 Å². The number of nitrogens with zero attached hydrogens (tertiary/aromatic N) is 3. The standard InChI is InChI=1S/C19H24N4O2S/c1-3-5-10-16(24)20-19-22-21-18(26-19)14-11-17(25)23(12-14)15-9-7-6-8-13(15)4-2/h6-9,14H,3-5,10-12H2,1-2H3,(H,20,22,24)/t14-/m0/s1. The highest BCUT2D eigenvalue weighted by Gasteiger charge is 2.34. The fourth-order valence-corrected chi connectivity index (χ4v) is 4.00. The zero-order valence-corrected chi connectivity index (χ0v) is 16.0. The van der Waals surface area contributed by atoms with Gasteiger partial charge < -0.3 is 10.2 Å². The van der Waals surface area contributed by atoms with E-state index in [9.17, 15) is 9.59 Å². The summed E-state index contributed by atoms with van der Waals surface area (Å²) in [6.07, 6.45) is 3.65. The van der Waals surface area contributed by atoms with Crippen LogP contribution in [0.15, 0.2) is 24.3 Å². The molecule has 1 aromatic heterocycles. The van der Waals surface area contributed by atoms with E-state index in [-0.39, 0.29) is 17.7 Å². The molecule has 7 heteroatoms. The summed E-state index contributed by atoms with van der Waals surface area (Å²) in [6.45, 7) is 4.75. The SMILES string of the molecule is CCCCC(=O)Nc1nnc([C@H]2CC(=O)N(c3ccccc3CC)C2)s1. The Morgan fingerprint density at radius 1 is 1.31 bits per heavy atom. The molecule has 2 heterocycles. The number of amides is 2. The molecule has 0 saturated carbocycles. The van der Waals surface area contributed by atoms with Gasteiger partial charge in [-0.2, -0.15) is 0 Å². The highest BCUT2D eigenvalue weighted by atomic mass is 32.1. The lowest BCUT2D eigenvalue weighted by Gasteiger charge is -2.19. The van der Waals surface area contributed by atoms with Crippen molar-refractivity contribution in [3.05, 3.63) is 34.8 Å². The minimum absolute atomic E-state index is 0.0196. The van der Waals surface area contributed by atoms with Gasteiger partial charge in [-0.05, 0) is 24.5 Å². The Morgan fingerprint density at radius 2 is 2.12 bits per heavy atom. The monoisotopic (exact) mass is 372 g/mol. The number of nitrogens with one attached hydrogen (secondary N) is 1. The maximum absolute atomic E-state index is 12.5. The molecular formula is C19H24N4O2S. The van der Waals surface area contributed by atoms with Gasteiger partial charge in [0.25, 0.3) is 0 Å². The molecule has 138 valence electrons. The summed E-state index contributed by atoms with van der Waals surface area (Å²) >= 11 is 1.37. The number of benzene rings is 1. The Labute approximate surface area is 157 Å². The van der Waals surface area contributed by atoms with Gasteiger partial charge in [0, 0.05) is 31.0 Å². The first kappa shape index (κ1) is 18.5. The van der Waals surface area contributed by atoms with Gasteiger partial charge in [-0.25, -0.2) is 0 Å². The zero-order chi connectivity index (χ0) is 18.5. The normalized spacial score (nSPS) is 16.9. The van der Waals surface area contributed by atoms with Crippen LogP contribution in [0.3, 0.4) is 0 Å². The van der Waals surface area contributed by atoms with Crippen molar-refractivity contribution in [2.24, 2.45) is 0 Å². The molecule has 1 atom stereocenters. The van der Waals surface area contributed by atoms with Crippen molar-refractivity contribution in [2.45, 2.75) is 51.9 Å². The van der Waals surface area contributed by atoms with Gasteiger partial charge in [0.15, 0.2) is 0 Å². The van der Waals surface area contributed by atoms with Crippen molar-refractivity contribution in [3.63, 3.8) is 0 Å². The second-order valence-electron chi connectivity index (χ2n) is 6.48. The summed E-state index contributed by atoms with van der Waals surface area (Å²) in [6, 6.07) is 8.02. The first-order valence-electron chi connectivity index (χ1n) is 9.13. The fourth-order valence-electron chi connectivity index (χ4n) is 3.15. The van der Waals surface area contributed by atoms with Gasteiger partial charge in [-0.15, -0.1) is 10.2 Å². The Kier molecular flexibility index (Phi) is 5.98. The fraction of sp³-hybridized carbons (Fsp3) is 0.474. The van der Waals surface area contributed by atoms with Crippen LogP contribution in [0, 0.1) is 0 Å². The van der Waals surface area contributed by atoms with Gasteiger partial charge in [-0.1, -0.05) is 49.8 Å². The van der Waals surface area contributed by atoms with E-state index in [2.05, 4.69) is 35.4 Å². The summed E-state index contributed by atoms with van der Waals surface area (Å²) in [4.78, 5) is 26.2. The van der Waals surface area contributed by atoms with Crippen LogP contribution in [0.2, 0.25) is 0 Å². The molecule has 1 aromatic carbocycles. The molecule has 0 spiro atoms. The maximum Gasteiger partial charge on any atom is 0.227 e. The molecular weight excluding hydrogens is 348 g/mol. The number of hydrogen-bond donors (Lipinski definition) is 1. The van der Waals surface area contributed by atoms with Crippen molar-refractivity contribution in [2.75, 3.05) is 16.8 Å². The predicted molar refractivity (Wildman–Crippen MR) is 104 cm³/mol. The molecule has 3 rings (SSSR count). The van der Waals surface area contributed by atoms with Crippen LogP contribution in [0.4, 0.5) is 10.8 Å². The van der Waals surface area contributed by atoms with Crippen molar-refractivity contribution in [3.8, 4) is 0 Å². The van der Waals surface area contributed by atoms with Crippen LogP contribution in [0.5, 0.6) is 0 Å². The molecule has 0 radical (unpaired) electrons. The number of aromatic nitrogens is 2. The molecule has 1 aliphatic heterocycles. The van der Waals surface area contributed by atoms with Gasteiger partial charge in [-0.3, -0.25) is 9.59 Å². The summed E-state index contributed by atoms with van der Waals surface area (Å²) in [5.41, 5.74) is 2.16. The number of carbonyl (C=O) groups is 2. The molecule has 1 aliphatic rings. The molecule has 1 fully saturated rings. The van der Waals surface area contributed by atoms with Crippen molar-refractivity contribution < 1.29 is 9.59 Å². The van der Waals surface area contributed by atoms with Crippen LogP contribution in [0.25, 0.3) is 0 Å². The van der Waals surface area contributed by atoms with E-state index in [0.29, 0.717) is 24.5 Å². The number of hydrogen-bond acceptors (Lipinski definition) is 5. The van der Waals surface area contributed by atoms with E-state index >= 15 is 0 Å². The maximum atomic E-state index is 12.5. The minimum atomic E-state index is -0.0319. The number of para-hydroxylation sites is 1.